The zero-order valence-electron chi connectivity index (χ0n) is 15.5. The molecule has 138 valence electrons. The molecule has 0 bridgehead atoms. The van der Waals surface area contributed by atoms with E-state index in [0.29, 0.717) is 0 Å². The van der Waals surface area contributed by atoms with Gasteiger partial charge in [-0.2, -0.15) is 28.2 Å². The Morgan fingerprint density at radius 3 is 1.00 bits per heavy atom. The molecular formula is C16H34N4O2Ru. The van der Waals surface area contributed by atoms with E-state index in [1.807, 2.05) is 28.2 Å². The molecule has 0 aliphatic heterocycles. The van der Waals surface area contributed by atoms with Gasteiger partial charge in [-0.05, 0) is 0 Å². The summed E-state index contributed by atoms with van der Waals surface area (Å²) < 4.78 is 0. The molecule has 0 atom stereocenters. The number of unbranched alkanes of at least 4 members (excludes halogenated alkanes) is 2. The van der Waals surface area contributed by atoms with Crippen LogP contribution in [0.4, 0.5) is 0 Å². The second kappa shape index (κ2) is 37.8. The Hall–Kier alpha value is -0.197. The first-order chi connectivity index (χ1) is 10.7. The molecule has 23 heavy (non-hydrogen) atoms. The van der Waals surface area contributed by atoms with E-state index in [-0.39, 0.29) is 31.8 Å². The first-order valence-corrected chi connectivity index (χ1v) is 7.52. The molecule has 0 spiro atoms. The van der Waals surface area contributed by atoms with E-state index in [2.05, 4.69) is 48.7 Å². The Labute approximate surface area is 157 Å². The van der Waals surface area contributed by atoms with Crippen molar-refractivity contribution in [3.05, 3.63) is 21.3 Å². The van der Waals surface area contributed by atoms with Gasteiger partial charge in [0.25, 0.3) is 0 Å². The molecule has 0 saturated carbocycles. The van der Waals surface area contributed by atoms with Crippen molar-refractivity contribution in [1.82, 2.24) is 0 Å². The maximum atomic E-state index is 7.75. The van der Waals surface area contributed by atoms with Crippen LogP contribution in [0, 0.1) is 0 Å². The Morgan fingerprint density at radius 2 is 0.870 bits per heavy atom. The van der Waals surface area contributed by atoms with Crippen molar-refractivity contribution >= 4 is 13.6 Å². The Bertz CT molecular complexity index is 154. The summed E-state index contributed by atoms with van der Waals surface area (Å²) in [5.74, 6) is 0. The van der Waals surface area contributed by atoms with Crippen LogP contribution < -0.4 is 0 Å². The number of hydrogen-bond acceptors (Lipinski definition) is 2. The van der Waals surface area contributed by atoms with Gasteiger partial charge in [0.15, 0.2) is 0 Å². The van der Waals surface area contributed by atoms with Gasteiger partial charge in [-0.1, -0.05) is 52.4 Å². The summed E-state index contributed by atoms with van der Waals surface area (Å²) in [6.07, 6.45) is 7.68. The van der Waals surface area contributed by atoms with Crippen LogP contribution in [-0.4, -0.2) is 54.1 Å². The molecule has 0 aromatic heterocycles. The van der Waals surface area contributed by atoms with E-state index >= 15 is 0 Å². The molecule has 0 aliphatic rings. The minimum atomic E-state index is 0. The summed E-state index contributed by atoms with van der Waals surface area (Å²) in [6.45, 7) is 10.9. The minimum Gasteiger partial charge on any atom is -0.681 e. The van der Waals surface area contributed by atoms with Crippen LogP contribution in [0.15, 0.2) is 0 Å². The average molecular weight is 416 g/mol. The molecule has 0 saturated heterocycles. The molecule has 7 heteroatoms. The molecule has 0 aliphatic carbocycles. The molecule has 0 fully saturated rings. The van der Waals surface area contributed by atoms with Crippen molar-refractivity contribution in [2.45, 2.75) is 64.7 Å². The molecule has 0 aromatic carbocycles. The molecule has 6 nitrogen and oxygen atoms in total. The van der Waals surface area contributed by atoms with Crippen LogP contribution in [0.2, 0.25) is 0 Å². The van der Waals surface area contributed by atoms with Gasteiger partial charge < -0.3 is 30.9 Å². The predicted octanol–water partition coefficient (Wildman–Crippen LogP) is 4.47. The summed E-state index contributed by atoms with van der Waals surface area (Å²) in [5.41, 5.74) is 0. The van der Waals surface area contributed by atoms with E-state index in [1.165, 1.54) is 25.7 Å². The van der Waals surface area contributed by atoms with Gasteiger partial charge in [0.2, 0.25) is 0 Å². The van der Waals surface area contributed by atoms with E-state index in [4.69, 9.17) is 9.59 Å². The normalized spacial score (nSPS) is 8.70. The molecule has 0 radical (unpaired) electrons. The Balaban J connectivity index is -0.0000000743. The van der Waals surface area contributed by atoms with Gasteiger partial charge >= 0.3 is 19.5 Å². The van der Waals surface area contributed by atoms with Crippen LogP contribution in [0.1, 0.15) is 52.4 Å². The second-order valence-corrected chi connectivity index (χ2v) is 4.28. The SMILES string of the molecule is CCCCC([N-]C)[N-]C.CCCCC([N-]C)[N-]C.[CH-]=O.[CH-]=O.[Ru+6]. The average Bonchev–Trinajstić information content (AvgIpc) is 2.61. The molecule has 0 N–H and O–H groups in total. The van der Waals surface area contributed by atoms with Crippen LogP contribution in [0.3, 0.4) is 0 Å². The Morgan fingerprint density at radius 1 is 0.652 bits per heavy atom. The molecule has 0 aromatic rings. The monoisotopic (exact) mass is 416 g/mol. The second-order valence-electron chi connectivity index (χ2n) is 4.28. The number of nitrogens with zero attached hydrogens (tertiary/aromatic N) is 4. The van der Waals surface area contributed by atoms with Crippen molar-refractivity contribution in [1.29, 1.82) is 0 Å². The fourth-order valence-corrected chi connectivity index (χ4v) is 1.52. The third-order valence-electron chi connectivity index (χ3n) is 2.82. The summed E-state index contributed by atoms with van der Waals surface area (Å²) in [5, 5.41) is 16.3. The van der Waals surface area contributed by atoms with Crippen molar-refractivity contribution in [2.75, 3.05) is 28.2 Å². The van der Waals surface area contributed by atoms with Crippen molar-refractivity contribution < 1.29 is 29.1 Å². The zero-order chi connectivity index (χ0) is 18.2. The molecule has 0 heterocycles. The quantitative estimate of drug-likeness (QED) is 0.299. The Kier molecular flexibility index (Phi) is 56.2. The fraction of sp³-hybridized carbons (Fsp3) is 0.875. The maximum absolute atomic E-state index is 7.75. The summed E-state index contributed by atoms with van der Waals surface area (Å²) in [4.78, 5) is 15.5. The van der Waals surface area contributed by atoms with Crippen molar-refractivity contribution in [2.24, 2.45) is 0 Å². The van der Waals surface area contributed by atoms with Crippen LogP contribution in [-0.2, 0) is 29.1 Å². The fourth-order valence-electron chi connectivity index (χ4n) is 1.52. The molecular weight excluding hydrogens is 381 g/mol. The maximum Gasteiger partial charge on any atom is 6.00 e. The third kappa shape index (κ3) is 34.2. The number of carbonyl (C=O) groups excluding carboxylic acids is 2. The minimum absolute atomic E-state index is 0. The third-order valence-corrected chi connectivity index (χ3v) is 2.82. The van der Waals surface area contributed by atoms with Gasteiger partial charge in [-0.15, -0.1) is 0 Å². The van der Waals surface area contributed by atoms with Crippen molar-refractivity contribution in [3.8, 4) is 0 Å². The van der Waals surface area contributed by atoms with E-state index in [0.717, 1.165) is 12.8 Å². The van der Waals surface area contributed by atoms with Gasteiger partial charge in [0.05, 0.1) is 0 Å². The standard InChI is InChI=1S/2C7H16N2.2CHO.Ru/c2*1-4-5-6-7(8-2)9-3;2*1-2;/h2*7H,4-6H2,1-3H3;2*1H;/q2*-2;2*-1;+6. The molecule has 0 rings (SSSR count). The van der Waals surface area contributed by atoms with Crippen molar-refractivity contribution in [3.63, 3.8) is 0 Å². The van der Waals surface area contributed by atoms with Gasteiger partial charge in [-0.25, -0.2) is 12.3 Å². The molecule has 0 amide bonds. The van der Waals surface area contributed by atoms with E-state index in [9.17, 15) is 0 Å². The number of rotatable bonds is 10. The topological polar surface area (TPSA) is 90.5 Å². The molecule has 0 unspecified atom stereocenters. The van der Waals surface area contributed by atoms with Gasteiger partial charge in [-0.3, -0.25) is 13.6 Å². The van der Waals surface area contributed by atoms with Gasteiger partial charge in [0.1, 0.15) is 0 Å². The summed E-state index contributed by atoms with van der Waals surface area (Å²) in [6, 6.07) is 0. The van der Waals surface area contributed by atoms with Gasteiger partial charge in [0, 0.05) is 0 Å². The first-order valence-electron chi connectivity index (χ1n) is 7.52. The van der Waals surface area contributed by atoms with E-state index < -0.39 is 0 Å². The number of hydrogen-bond donors (Lipinski definition) is 0. The zero-order valence-corrected chi connectivity index (χ0v) is 17.2. The predicted molar refractivity (Wildman–Crippen MR) is 97.3 cm³/mol. The smallest absolute Gasteiger partial charge is 0.681 e. The summed E-state index contributed by atoms with van der Waals surface area (Å²) in [7, 11) is 7.31. The van der Waals surface area contributed by atoms with Crippen LogP contribution >= 0.6 is 0 Å². The van der Waals surface area contributed by atoms with Crippen LogP contribution in [0.25, 0.3) is 21.3 Å². The van der Waals surface area contributed by atoms with Crippen LogP contribution in [0.5, 0.6) is 0 Å². The summed E-state index contributed by atoms with van der Waals surface area (Å²) >= 11 is 0. The first kappa shape index (κ1) is 34.2. The van der Waals surface area contributed by atoms with E-state index in [1.54, 1.807) is 0 Å². The largest absolute Gasteiger partial charge is 6.00 e.